The summed E-state index contributed by atoms with van der Waals surface area (Å²) in [6.45, 7) is 0. The zero-order valence-electron chi connectivity index (χ0n) is 19.8. The summed E-state index contributed by atoms with van der Waals surface area (Å²) in [5, 5.41) is 2.23. The third kappa shape index (κ3) is 4.66. The van der Waals surface area contributed by atoms with Gasteiger partial charge in [-0.2, -0.15) is 52.7 Å². The van der Waals surface area contributed by atoms with E-state index in [2.05, 4.69) is 0 Å². The van der Waals surface area contributed by atoms with Crippen molar-refractivity contribution in [3.05, 3.63) is 67.0 Å². The Hall–Kier alpha value is -2.82. The van der Waals surface area contributed by atoms with Gasteiger partial charge in [0, 0.05) is 50.1 Å². The quantitative estimate of drug-likeness (QED) is 0.160. The summed E-state index contributed by atoms with van der Waals surface area (Å²) >= 11 is 1.86. The van der Waals surface area contributed by atoms with Crippen molar-refractivity contribution in [2.45, 2.75) is 24.7 Å². The van der Waals surface area contributed by atoms with Crippen LogP contribution < -0.4 is 0 Å². The molecule has 4 aromatic heterocycles. The maximum absolute atomic E-state index is 14.0. The molecule has 0 unspecified atom stereocenters. The van der Waals surface area contributed by atoms with Crippen molar-refractivity contribution >= 4 is 97.8 Å². The van der Waals surface area contributed by atoms with Gasteiger partial charge in [-0.1, -0.05) is 0 Å². The van der Waals surface area contributed by atoms with E-state index in [9.17, 15) is 52.7 Å². The molecule has 4 heterocycles. The molecule has 0 nitrogen and oxygen atoms in total. The number of halogens is 12. The molecule has 0 spiro atoms. The molecule has 0 bridgehead atoms. The predicted molar refractivity (Wildman–Crippen MR) is 143 cm³/mol. The van der Waals surface area contributed by atoms with E-state index in [1.54, 1.807) is 0 Å². The second-order valence-corrected chi connectivity index (χ2v) is 12.9. The lowest BCUT2D eigenvalue weighted by Gasteiger charge is -2.17. The first-order valence-electron chi connectivity index (χ1n) is 11.3. The fourth-order valence-electron chi connectivity index (χ4n) is 4.89. The van der Waals surface area contributed by atoms with Crippen molar-refractivity contribution in [3.63, 3.8) is 0 Å². The van der Waals surface area contributed by atoms with Gasteiger partial charge in [0.05, 0.1) is 22.3 Å². The smallest absolute Gasteiger partial charge is 0.166 e. The summed E-state index contributed by atoms with van der Waals surface area (Å²) in [7, 11) is 0. The molecule has 6 rings (SSSR count). The molecule has 0 saturated carbocycles. The zero-order valence-corrected chi connectivity index (χ0v) is 23.1. The van der Waals surface area contributed by atoms with Crippen LogP contribution >= 0.6 is 45.3 Å². The average Bonchev–Trinajstić information content (AvgIpc) is 3.62. The van der Waals surface area contributed by atoms with Crippen molar-refractivity contribution < 1.29 is 52.7 Å². The predicted octanol–water partition coefficient (Wildman–Crippen LogP) is 12.8. The fraction of sp³-hybridized carbons (Fsp3) is 0.154. The second kappa shape index (κ2) is 9.34. The minimum Gasteiger partial charge on any atom is -0.166 e. The van der Waals surface area contributed by atoms with Crippen LogP contribution in [0, 0.1) is 0 Å². The first-order chi connectivity index (χ1) is 19.4. The van der Waals surface area contributed by atoms with Crippen molar-refractivity contribution in [3.8, 4) is 0 Å². The molecular formula is C26H8F12S4. The molecule has 16 heteroatoms. The maximum Gasteiger partial charge on any atom is 0.418 e. The molecule has 42 heavy (non-hydrogen) atoms. The Morgan fingerprint density at radius 2 is 0.738 bits per heavy atom. The number of thiophene rings is 4. The zero-order chi connectivity index (χ0) is 30.6. The Kier molecular flexibility index (Phi) is 6.51. The first-order valence-corrected chi connectivity index (χ1v) is 14.7. The largest absolute Gasteiger partial charge is 0.418 e. The molecule has 6 aromatic rings. The van der Waals surface area contributed by atoms with Gasteiger partial charge in [-0.25, -0.2) is 0 Å². The first kappa shape index (κ1) is 29.3. The van der Waals surface area contributed by atoms with Crippen molar-refractivity contribution in [2.75, 3.05) is 0 Å². The van der Waals surface area contributed by atoms with E-state index in [0.29, 0.717) is 45.3 Å². The Morgan fingerprint density at radius 3 is 1.05 bits per heavy atom. The fourth-order valence-corrected chi connectivity index (χ4v) is 9.14. The molecule has 0 atom stereocenters. The lowest BCUT2D eigenvalue weighted by molar-refractivity contribution is -0.159. The van der Waals surface area contributed by atoms with E-state index in [0.717, 1.165) is 0 Å². The lowest BCUT2D eigenvalue weighted by Crippen LogP contribution is -2.16. The molecule has 220 valence electrons. The Balaban J connectivity index is 1.56. The Morgan fingerprint density at radius 1 is 0.429 bits per heavy atom. The number of alkyl halides is 12. The van der Waals surface area contributed by atoms with Gasteiger partial charge in [0.2, 0.25) is 0 Å². The summed E-state index contributed by atoms with van der Waals surface area (Å²) in [5.41, 5.74) is -7.26. The van der Waals surface area contributed by atoms with Gasteiger partial charge >= 0.3 is 24.7 Å². The van der Waals surface area contributed by atoms with E-state index < -0.39 is 65.8 Å². The molecule has 0 aliphatic heterocycles. The molecular weight excluding hydrogens is 669 g/mol. The minimum absolute atomic E-state index is 0.0394. The molecule has 0 saturated heterocycles. The van der Waals surface area contributed by atoms with E-state index in [1.807, 2.05) is 0 Å². The van der Waals surface area contributed by atoms with E-state index in [1.165, 1.54) is 47.2 Å². The Bertz CT molecular complexity index is 1890. The Labute approximate surface area is 241 Å². The topological polar surface area (TPSA) is 0 Å². The summed E-state index contributed by atoms with van der Waals surface area (Å²) in [6, 6.07) is 5.03. The van der Waals surface area contributed by atoms with Crippen LogP contribution in [0.4, 0.5) is 52.7 Å². The van der Waals surface area contributed by atoms with Crippen LogP contribution in [0.25, 0.3) is 52.5 Å². The maximum atomic E-state index is 14.0. The van der Waals surface area contributed by atoms with Gasteiger partial charge in [0.15, 0.2) is 0 Å². The molecule has 0 aliphatic rings. The number of hydrogen-bond donors (Lipinski definition) is 0. The molecule has 2 aromatic carbocycles. The van der Waals surface area contributed by atoms with Crippen LogP contribution in [0.2, 0.25) is 0 Å². The minimum atomic E-state index is -5.35. The summed E-state index contributed by atoms with van der Waals surface area (Å²) in [4.78, 5) is 0.125. The van der Waals surface area contributed by atoms with Crippen LogP contribution in [-0.2, 0) is 24.7 Å². The molecule has 0 amide bonds. The summed E-state index contributed by atoms with van der Waals surface area (Å²) in [6.07, 6.45) is -18.9. The van der Waals surface area contributed by atoms with Crippen molar-refractivity contribution in [2.24, 2.45) is 0 Å². The van der Waals surface area contributed by atoms with Crippen LogP contribution in [-0.4, -0.2) is 0 Å². The summed E-state index contributed by atoms with van der Waals surface area (Å²) < 4.78 is 165. The van der Waals surface area contributed by atoms with Gasteiger partial charge in [-0.15, -0.1) is 45.3 Å². The highest BCUT2D eigenvalue weighted by Gasteiger charge is 2.48. The van der Waals surface area contributed by atoms with E-state index >= 15 is 0 Å². The highest BCUT2D eigenvalue weighted by Crippen LogP contribution is 2.53. The van der Waals surface area contributed by atoms with E-state index in [-0.39, 0.29) is 31.3 Å². The van der Waals surface area contributed by atoms with Crippen molar-refractivity contribution in [1.29, 1.82) is 0 Å². The number of hydrogen-bond acceptors (Lipinski definition) is 4. The van der Waals surface area contributed by atoms with Gasteiger partial charge in [0.1, 0.15) is 0 Å². The monoisotopic (exact) mass is 676 g/mol. The highest BCUT2D eigenvalue weighted by molar-refractivity contribution is 7.22. The molecule has 0 N–H and O–H groups in total. The second-order valence-electron chi connectivity index (χ2n) is 8.93. The van der Waals surface area contributed by atoms with E-state index in [4.69, 9.17) is 0 Å². The number of fused-ring (bicyclic) bond motifs is 6. The SMILES string of the molecule is FC(F)(F)c1c(C(F)(F)F)c2sc(C=Cc3cc4c(s3)c(C(F)(F)F)c(C(F)(F)F)c3sccc34)cc2c2ccsc12. The third-order valence-corrected chi connectivity index (χ3v) is 10.5. The van der Waals surface area contributed by atoms with Gasteiger partial charge in [-0.05, 0) is 47.2 Å². The average molecular weight is 677 g/mol. The summed E-state index contributed by atoms with van der Waals surface area (Å²) in [5.74, 6) is 0. The number of benzene rings is 2. The lowest BCUT2D eigenvalue weighted by atomic mass is 10.0. The van der Waals surface area contributed by atoms with Crippen LogP contribution in [0.3, 0.4) is 0 Å². The molecule has 0 aliphatic carbocycles. The number of rotatable bonds is 2. The van der Waals surface area contributed by atoms with Gasteiger partial charge in [0.25, 0.3) is 0 Å². The van der Waals surface area contributed by atoms with Gasteiger partial charge < -0.3 is 0 Å². The standard InChI is InChI=1S/C26H8F12S4/c27-23(28,29)15-17(25(33,34)35)21-13(11-3-5-39-19(11)15)7-9(41-21)1-2-10-8-14-12-4-6-40-20(12)16(24(30,31)32)18(22(14)42-10)26(36,37)38/h1-8H. The molecule has 0 fully saturated rings. The van der Waals surface area contributed by atoms with Gasteiger partial charge in [-0.3, -0.25) is 0 Å². The van der Waals surface area contributed by atoms with Crippen LogP contribution in [0.5, 0.6) is 0 Å². The molecule has 0 radical (unpaired) electrons. The van der Waals surface area contributed by atoms with Crippen LogP contribution in [0.1, 0.15) is 32.0 Å². The third-order valence-electron chi connectivity index (χ3n) is 6.37. The highest BCUT2D eigenvalue weighted by atomic mass is 32.1. The normalized spacial score (nSPS) is 14.1. The van der Waals surface area contributed by atoms with Crippen molar-refractivity contribution in [1.82, 2.24) is 0 Å². The van der Waals surface area contributed by atoms with Crippen LogP contribution in [0.15, 0.2) is 35.0 Å².